The first-order valence-electron chi connectivity index (χ1n) is 9.07. The van der Waals surface area contributed by atoms with E-state index in [0.29, 0.717) is 33.0 Å². The predicted octanol–water partition coefficient (Wildman–Crippen LogP) is 2.41. The van der Waals surface area contributed by atoms with Gasteiger partial charge in [-0.3, -0.25) is 0 Å². The van der Waals surface area contributed by atoms with Gasteiger partial charge in [-0.2, -0.15) is 0 Å². The molecule has 0 aliphatic heterocycles. The Morgan fingerprint density at radius 1 is 0.625 bits per heavy atom. The molecule has 6 nitrogen and oxygen atoms in total. The van der Waals surface area contributed by atoms with Crippen LogP contribution < -0.4 is 0 Å². The predicted molar refractivity (Wildman–Crippen MR) is 94.4 cm³/mol. The van der Waals surface area contributed by atoms with Gasteiger partial charge in [-0.25, -0.2) is 0 Å². The van der Waals surface area contributed by atoms with Gasteiger partial charge in [-0.1, -0.05) is 6.92 Å². The highest BCUT2D eigenvalue weighted by Crippen LogP contribution is 2.02. The average Bonchev–Trinajstić information content (AvgIpc) is 2.54. The van der Waals surface area contributed by atoms with Crippen molar-refractivity contribution in [2.75, 3.05) is 39.6 Å². The van der Waals surface area contributed by atoms with E-state index in [1.807, 2.05) is 27.7 Å². The van der Waals surface area contributed by atoms with Gasteiger partial charge in [0.2, 0.25) is 0 Å². The summed E-state index contributed by atoms with van der Waals surface area (Å²) < 4.78 is 28.0. The van der Waals surface area contributed by atoms with E-state index in [1.165, 1.54) is 0 Å². The molecule has 24 heavy (non-hydrogen) atoms. The van der Waals surface area contributed by atoms with Crippen molar-refractivity contribution in [3.63, 3.8) is 0 Å². The molecule has 146 valence electrons. The van der Waals surface area contributed by atoms with Gasteiger partial charge in [-0.15, -0.1) is 0 Å². The number of ether oxygens (including phenoxy) is 5. The molecule has 0 aliphatic carbocycles. The Kier molecular flexibility index (Phi) is 14.9. The summed E-state index contributed by atoms with van der Waals surface area (Å²) in [5.74, 6) is 0. The fourth-order valence-corrected chi connectivity index (χ4v) is 1.79. The van der Waals surface area contributed by atoms with Gasteiger partial charge in [0.05, 0.1) is 63.6 Å². The van der Waals surface area contributed by atoms with Crippen molar-refractivity contribution in [2.45, 2.75) is 78.5 Å². The van der Waals surface area contributed by atoms with E-state index < -0.39 is 6.10 Å². The molecule has 0 saturated carbocycles. The van der Waals surface area contributed by atoms with Crippen molar-refractivity contribution in [3.8, 4) is 0 Å². The molecule has 0 aliphatic rings. The number of aliphatic hydroxyl groups excluding tert-OH is 1. The van der Waals surface area contributed by atoms with E-state index in [-0.39, 0.29) is 24.4 Å². The van der Waals surface area contributed by atoms with Crippen LogP contribution in [0.25, 0.3) is 0 Å². The quantitative estimate of drug-likeness (QED) is 0.431. The second kappa shape index (κ2) is 15.0. The summed E-state index contributed by atoms with van der Waals surface area (Å²) in [5, 5.41) is 9.17. The van der Waals surface area contributed by atoms with Gasteiger partial charge in [0.15, 0.2) is 0 Å². The second-order valence-corrected chi connectivity index (χ2v) is 6.50. The molecule has 0 saturated heterocycles. The van der Waals surface area contributed by atoms with Crippen molar-refractivity contribution in [1.82, 2.24) is 0 Å². The molecule has 0 aromatic heterocycles. The van der Waals surface area contributed by atoms with Crippen LogP contribution in [0.15, 0.2) is 0 Å². The van der Waals surface area contributed by atoms with Gasteiger partial charge in [-0.05, 0) is 41.0 Å². The molecule has 0 aromatic rings. The summed E-state index contributed by atoms with van der Waals surface area (Å²) in [5.41, 5.74) is 0. The zero-order chi connectivity index (χ0) is 18.4. The van der Waals surface area contributed by atoms with E-state index in [0.717, 1.165) is 13.0 Å². The van der Waals surface area contributed by atoms with Gasteiger partial charge in [0, 0.05) is 6.61 Å². The van der Waals surface area contributed by atoms with Crippen molar-refractivity contribution in [3.05, 3.63) is 0 Å². The van der Waals surface area contributed by atoms with E-state index >= 15 is 0 Å². The zero-order valence-electron chi connectivity index (χ0n) is 16.3. The van der Waals surface area contributed by atoms with Crippen LogP contribution in [-0.2, 0) is 23.7 Å². The van der Waals surface area contributed by atoms with Gasteiger partial charge in [0.1, 0.15) is 0 Å². The third-order valence-electron chi connectivity index (χ3n) is 3.17. The Balaban J connectivity index is 3.65. The Morgan fingerprint density at radius 3 is 1.38 bits per heavy atom. The average molecular weight is 350 g/mol. The van der Waals surface area contributed by atoms with Crippen LogP contribution >= 0.6 is 0 Å². The van der Waals surface area contributed by atoms with E-state index in [1.54, 1.807) is 6.92 Å². The Morgan fingerprint density at radius 2 is 1.00 bits per heavy atom. The maximum Gasteiger partial charge on any atom is 0.0781 e. The largest absolute Gasteiger partial charge is 0.391 e. The third-order valence-corrected chi connectivity index (χ3v) is 3.17. The first-order valence-corrected chi connectivity index (χ1v) is 9.07. The first-order chi connectivity index (χ1) is 11.3. The van der Waals surface area contributed by atoms with Crippen LogP contribution in [-0.4, -0.2) is 75.3 Å². The lowest BCUT2D eigenvalue weighted by molar-refractivity contribution is -0.0960. The first kappa shape index (κ1) is 23.8. The van der Waals surface area contributed by atoms with Crippen molar-refractivity contribution in [2.24, 2.45) is 0 Å². The van der Waals surface area contributed by atoms with Gasteiger partial charge in [0.25, 0.3) is 0 Å². The highest BCUT2D eigenvalue weighted by atomic mass is 16.6. The smallest absolute Gasteiger partial charge is 0.0781 e. The molecule has 0 amide bonds. The highest BCUT2D eigenvalue weighted by molar-refractivity contribution is 4.57. The molecule has 6 heteroatoms. The standard InChI is InChI=1S/C18H38O6/c1-7-8-20-10-15(3)22-12-17(5)24-13-18(6)23-11-16(4)21-9-14(2)19/h14-19H,7-13H2,1-6H3. The normalized spacial score (nSPS) is 18.1. The second-order valence-electron chi connectivity index (χ2n) is 6.50. The monoisotopic (exact) mass is 350 g/mol. The summed E-state index contributed by atoms with van der Waals surface area (Å²) in [6, 6.07) is 0. The summed E-state index contributed by atoms with van der Waals surface area (Å²) in [7, 11) is 0. The summed E-state index contributed by atoms with van der Waals surface area (Å²) >= 11 is 0. The Bertz CT molecular complexity index is 274. The number of rotatable bonds is 16. The molecule has 0 heterocycles. The van der Waals surface area contributed by atoms with Crippen LogP contribution in [0.4, 0.5) is 0 Å². The lowest BCUT2D eigenvalue weighted by Gasteiger charge is -2.21. The van der Waals surface area contributed by atoms with Crippen LogP contribution in [0.3, 0.4) is 0 Å². The topological polar surface area (TPSA) is 66.4 Å². The summed E-state index contributed by atoms with van der Waals surface area (Å²) in [4.78, 5) is 0. The molecule has 0 bridgehead atoms. The molecule has 0 rings (SSSR count). The molecule has 0 aromatic carbocycles. The minimum atomic E-state index is -0.455. The van der Waals surface area contributed by atoms with Crippen LogP contribution in [0, 0.1) is 0 Å². The number of hydrogen-bond acceptors (Lipinski definition) is 6. The maximum atomic E-state index is 9.17. The molecular formula is C18H38O6. The van der Waals surface area contributed by atoms with Crippen molar-refractivity contribution >= 4 is 0 Å². The van der Waals surface area contributed by atoms with Crippen LogP contribution in [0.2, 0.25) is 0 Å². The minimum absolute atomic E-state index is 0.00795. The number of hydrogen-bond donors (Lipinski definition) is 1. The SMILES string of the molecule is CCCOCC(C)OCC(C)OCC(C)OCC(C)OCC(C)O. The van der Waals surface area contributed by atoms with E-state index in [9.17, 15) is 0 Å². The fraction of sp³-hybridized carbons (Fsp3) is 1.00. The van der Waals surface area contributed by atoms with E-state index in [2.05, 4.69) is 6.92 Å². The Labute approximate surface area is 147 Å². The van der Waals surface area contributed by atoms with Crippen molar-refractivity contribution in [1.29, 1.82) is 0 Å². The zero-order valence-corrected chi connectivity index (χ0v) is 16.3. The maximum absolute atomic E-state index is 9.17. The molecule has 5 atom stereocenters. The summed E-state index contributed by atoms with van der Waals surface area (Å²) in [6.45, 7) is 14.9. The highest BCUT2D eigenvalue weighted by Gasteiger charge is 2.12. The van der Waals surface area contributed by atoms with Crippen LogP contribution in [0.1, 0.15) is 48.0 Å². The molecule has 5 unspecified atom stereocenters. The van der Waals surface area contributed by atoms with Gasteiger partial charge >= 0.3 is 0 Å². The van der Waals surface area contributed by atoms with Gasteiger partial charge < -0.3 is 28.8 Å². The third kappa shape index (κ3) is 15.3. The Hall–Kier alpha value is -0.240. The number of aliphatic hydroxyl groups is 1. The van der Waals surface area contributed by atoms with Crippen LogP contribution in [0.5, 0.6) is 0 Å². The molecule has 0 fully saturated rings. The molecule has 0 spiro atoms. The minimum Gasteiger partial charge on any atom is -0.391 e. The fourth-order valence-electron chi connectivity index (χ4n) is 1.79. The lowest BCUT2D eigenvalue weighted by Crippen LogP contribution is -2.29. The lowest BCUT2D eigenvalue weighted by atomic mass is 10.3. The molecule has 1 N–H and O–H groups in total. The summed E-state index contributed by atoms with van der Waals surface area (Å²) in [6.07, 6.45) is 0.579. The van der Waals surface area contributed by atoms with E-state index in [4.69, 9.17) is 28.8 Å². The molecular weight excluding hydrogens is 312 g/mol. The molecule has 0 radical (unpaired) electrons. The van der Waals surface area contributed by atoms with Crippen molar-refractivity contribution < 1.29 is 28.8 Å².